The Morgan fingerprint density at radius 3 is 2.52 bits per heavy atom. The molecule has 108 valence electrons. The molecule has 21 heavy (non-hydrogen) atoms. The monoisotopic (exact) mass is 401 g/mol. The zero-order valence-corrected chi connectivity index (χ0v) is 13.1. The zero-order valence-electron chi connectivity index (χ0n) is 10.9. The van der Waals surface area contributed by atoms with Gasteiger partial charge in [0.15, 0.2) is 0 Å². The number of rotatable bonds is 2. The first-order valence-corrected chi connectivity index (χ1v) is 7.21. The topological polar surface area (TPSA) is 39.3 Å². The van der Waals surface area contributed by atoms with E-state index in [4.69, 9.17) is 0 Å². The van der Waals surface area contributed by atoms with Crippen molar-refractivity contribution in [3.8, 4) is 5.69 Å². The molecular formula is C14H10F2IN3O. The van der Waals surface area contributed by atoms with Crippen LogP contribution in [-0.4, -0.2) is 14.2 Å². The quantitative estimate of drug-likeness (QED) is 0.619. The van der Waals surface area contributed by atoms with Crippen molar-refractivity contribution in [1.29, 1.82) is 0 Å². The Balaban J connectivity index is 2.38. The van der Waals surface area contributed by atoms with E-state index in [1.54, 1.807) is 12.1 Å². The van der Waals surface area contributed by atoms with Gasteiger partial charge in [0, 0.05) is 11.9 Å². The van der Waals surface area contributed by atoms with Gasteiger partial charge in [0.2, 0.25) is 0 Å². The second kappa shape index (κ2) is 5.21. The molecule has 0 radical (unpaired) electrons. The van der Waals surface area contributed by atoms with Gasteiger partial charge in [0.05, 0.1) is 9.77 Å². The predicted octanol–water partition coefficient (Wildman–Crippen LogP) is 3.34. The molecule has 3 aromatic rings. The van der Waals surface area contributed by atoms with Gasteiger partial charge in [-0.15, -0.1) is 0 Å². The summed E-state index contributed by atoms with van der Waals surface area (Å²) in [4.78, 5) is 12.5. The molecule has 0 aliphatic heterocycles. The highest BCUT2D eigenvalue weighted by atomic mass is 127. The number of nitrogens with zero attached hydrogens (tertiary/aromatic N) is 3. The Morgan fingerprint density at radius 1 is 1.24 bits per heavy atom. The molecule has 0 unspecified atom stereocenters. The van der Waals surface area contributed by atoms with E-state index in [2.05, 4.69) is 5.10 Å². The molecule has 0 amide bonds. The highest BCUT2D eigenvalue weighted by Crippen LogP contribution is 2.21. The van der Waals surface area contributed by atoms with Crippen molar-refractivity contribution >= 4 is 28.1 Å². The van der Waals surface area contributed by atoms with Crippen LogP contribution in [-0.2, 0) is 0 Å². The summed E-state index contributed by atoms with van der Waals surface area (Å²) in [5.74, 6) is 0. The lowest BCUT2D eigenvalue weighted by atomic mass is 10.2. The van der Waals surface area contributed by atoms with Crippen LogP contribution in [0.15, 0.2) is 41.5 Å². The van der Waals surface area contributed by atoms with Gasteiger partial charge in [0.25, 0.3) is 12.0 Å². The van der Waals surface area contributed by atoms with Crippen LogP contribution in [0.1, 0.15) is 17.7 Å². The SMILES string of the molecule is Cc1ccc(-n2cc(C(F)F)n3ncc(I)c3c2=O)cc1. The smallest absolute Gasteiger partial charge is 0.280 e. The van der Waals surface area contributed by atoms with E-state index < -0.39 is 6.43 Å². The Labute approximate surface area is 132 Å². The van der Waals surface area contributed by atoms with Gasteiger partial charge < -0.3 is 0 Å². The molecule has 2 aromatic heterocycles. The van der Waals surface area contributed by atoms with Crippen molar-refractivity contribution in [2.45, 2.75) is 13.3 Å². The molecule has 7 heteroatoms. The summed E-state index contributed by atoms with van der Waals surface area (Å²) in [7, 11) is 0. The minimum Gasteiger partial charge on any atom is -0.280 e. The van der Waals surface area contributed by atoms with Gasteiger partial charge in [-0.05, 0) is 41.6 Å². The van der Waals surface area contributed by atoms with Crippen LogP contribution < -0.4 is 5.56 Å². The minimum atomic E-state index is -2.72. The normalized spacial score (nSPS) is 11.5. The van der Waals surface area contributed by atoms with Crippen molar-refractivity contribution in [3.05, 3.63) is 61.8 Å². The lowest BCUT2D eigenvalue weighted by Crippen LogP contribution is -2.23. The predicted molar refractivity (Wildman–Crippen MR) is 83.2 cm³/mol. The molecule has 1 aromatic carbocycles. The van der Waals surface area contributed by atoms with Gasteiger partial charge in [-0.1, -0.05) is 17.7 Å². The maximum absolute atomic E-state index is 13.2. The van der Waals surface area contributed by atoms with Crippen molar-refractivity contribution in [2.24, 2.45) is 0 Å². The molecule has 0 aliphatic rings. The largest absolute Gasteiger partial charge is 0.282 e. The maximum Gasteiger partial charge on any atom is 0.282 e. The van der Waals surface area contributed by atoms with Crippen molar-refractivity contribution in [3.63, 3.8) is 0 Å². The summed E-state index contributed by atoms with van der Waals surface area (Å²) in [6.45, 7) is 1.92. The van der Waals surface area contributed by atoms with E-state index in [-0.39, 0.29) is 16.8 Å². The van der Waals surface area contributed by atoms with Crippen molar-refractivity contribution in [2.75, 3.05) is 0 Å². The second-order valence-corrected chi connectivity index (χ2v) is 5.78. The summed E-state index contributed by atoms with van der Waals surface area (Å²) in [6.07, 6.45) is -0.170. The molecule has 0 N–H and O–H groups in total. The highest BCUT2D eigenvalue weighted by molar-refractivity contribution is 14.1. The highest BCUT2D eigenvalue weighted by Gasteiger charge is 2.19. The molecule has 0 aliphatic carbocycles. The summed E-state index contributed by atoms with van der Waals surface area (Å²) in [6, 6.07) is 7.11. The molecule has 4 nitrogen and oxygen atoms in total. The van der Waals surface area contributed by atoms with E-state index in [0.717, 1.165) is 16.3 Å². The Morgan fingerprint density at radius 2 is 1.90 bits per heavy atom. The number of benzene rings is 1. The number of fused-ring (bicyclic) bond motifs is 1. The average Bonchev–Trinajstić information content (AvgIpc) is 2.83. The number of aromatic nitrogens is 3. The van der Waals surface area contributed by atoms with Crippen molar-refractivity contribution < 1.29 is 8.78 Å². The Kier molecular flexibility index (Phi) is 3.52. The van der Waals surface area contributed by atoms with E-state index in [9.17, 15) is 13.6 Å². The van der Waals surface area contributed by atoms with Crippen LogP contribution in [0.25, 0.3) is 11.2 Å². The Bertz CT molecular complexity index is 868. The van der Waals surface area contributed by atoms with Gasteiger partial charge in [0.1, 0.15) is 11.2 Å². The van der Waals surface area contributed by atoms with Crippen LogP contribution in [0.5, 0.6) is 0 Å². The third-order valence-corrected chi connectivity index (χ3v) is 3.98. The lowest BCUT2D eigenvalue weighted by molar-refractivity contribution is 0.142. The zero-order chi connectivity index (χ0) is 15.1. The van der Waals surface area contributed by atoms with E-state index in [1.807, 2.05) is 41.6 Å². The van der Waals surface area contributed by atoms with Crippen molar-refractivity contribution in [1.82, 2.24) is 14.2 Å². The summed E-state index contributed by atoms with van der Waals surface area (Å²) < 4.78 is 29.2. The molecule has 0 saturated carbocycles. The van der Waals surface area contributed by atoms with Gasteiger partial charge in [-0.3, -0.25) is 9.36 Å². The number of hydrogen-bond donors (Lipinski definition) is 0. The molecule has 0 fully saturated rings. The van der Waals surface area contributed by atoms with Crippen LogP contribution in [0.4, 0.5) is 8.78 Å². The second-order valence-electron chi connectivity index (χ2n) is 4.62. The summed E-state index contributed by atoms with van der Waals surface area (Å²) >= 11 is 1.92. The number of aryl methyl sites for hydroxylation is 1. The first-order valence-electron chi connectivity index (χ1n) is 6.13. The molecule has 0 spiro atoms. The van der Waals surface area contributed by atoms with E-state index in [1.165, 1.54) is 10.8 Å². The lowest BCUT2D eigenvalue weighted by Gasteiger charge is -2.11. The van der Waals surface area contributed by atoms with Crippen LogP contribution in [0.2, 0.25) is 0 Å². The van der Waals surface area contributed by atoms with Crippen LogP contribution in [0.3, 0.4) is 0 Å². The standard InChI is InChI=1S/C14H10F2IN3O/c1-8-2-4-9(5-3-8)19-7-11(13(15)16)20-12(14(19)21)10(17)6-18-20/h2-7,13H,1H3. The maximum atomic E-state index is 13.2. The fraction of sp³-hybridized carbons (Fsp3) is 0.143. The fourth-order valence-electron chi connectivity index (χ4n) is 2.12. The van der Waals surface area contributed by atoms with E-state index in [0.29, 0.717) is 9.26 Å². The third-order valence-electron chi connectivity index (χ3n) is 3.19. The van der Waals surface area contributed by atoms with Crippen LogP contribution in [0, 0.1) is 10.5 Å². The molecule has 0 saturated heterocycles. The molecule has 0 bridgehead atoms. The molecule has 2 heterocycles. The summed E-state index contributed by atoms with van der Waals surface area (Å²) in [5, 5.41) is 3.87. The first kappa shape index (κ1) is 14.2. The van der Waals surface area contributed by atoms with Gasteiger partial charge >= 0.3 is 0 Å². The Hall–Kier alpha value is -1.77. The molecule has 0 atom stereocenters. The third kappa shape index (κ3) is 2.35. The molecular weight excluding hydrogens is 391 g/mol. The van der Waals surface area contributed by atoms with Gasteiger partial charge in [-0.2, -0.15) is 5.10 Å². The first-order chi connectivity index (χ1) is 9.99. The molecule has 3 rings (SSSR count). The van der Waals surface area contributed by atoms with E-state index >= 15 is 0 Å². The number of hydrogen-bond acceptors (Lipinski definition) is 2. The summed E-state index contributed by atoms with van der Waals surface area (Å²) in [5.41, 5.74) is 1.06. The fourth-order valence-corrected chi connectivity index (χ4v) is 2.71. The number of alkyl halides is 2. The number of halogens is 3. The van der Waals surface area contributed by atoms with Gasteiger partial charge in [-0.25, -0.2) is 13.3 Å². The average molecular weight is 401 g/mol. The van der Waals surface area contributed by atoms with Crippen LogP contribution >= 0.6 is 22.6 Å². The minimum absolute atomic E-state index is 0.161.